The highest BCUT2D eigenvalue weighted by Gasteiger charge is 2.25. The third-order valence-corrected chi connectivity index (χ3v) is 5.73. The molecule has 3 heterocycles. The number of nitrogens with one attached hydrogen (secondary N) is 1. The van der Waals surface area contributed by atoms with Crippen molar-refractivity contribution in [2.24, 2.45) is 0 Å². The Kier molecular flexibility index (Phi) is 2.79. The van der Waals surface area contributed by atoms with Crippen molar-refractivity contribution < 1.29 is 0 Å². The molecule has 3 aromatic heterocycles. The van der Waals surface area contributed by atoms with Crippen molar-refractivity contribution in [1.29, 1.82) is 0 Å². The Bertz CT molecular complexity index is 818. The highest BCUT2D eigenvalue weighted by molar-refractivity contribution is 5.79. The molecule has 5 rings (SSSR count). The van der Waals surface area contributed by atoms with Crippen LogP contribution in [0.25, 0.3) is 16.8 Å². The van der Waals surface area contributed by atoms with Gasteiger partial charge in [-0.1, -0.05) is 25.7 Å². The van der Waals surface area contributed by atoms with E-state index in [1.54, 1.807) is 0 Å². The quantitative estimate of drug-likeness (QED) is 0.755. The molecule has 2 aliphatic carbocycles. The fourth-order valence-corrected chi connectivity index (χ4v) is 4.20. The number of fused-ring (bicyclic) bond motifs is 3. The van der Waals surface area contributed by atoms with E-state index in [4.69, 9.17) is 4.98 Å². The molecule has 0 atom stereocenters. The summed E-state index contributed by atoms with van der Waals surface area (Å²) in [6.45, 7) is 0. The smallest absolute Gasteiger partial charge is 0.156 e. The molecule has 22 heavy (non-hydrogen) atoms. The molecule has 2 aliphatic rings. The van der Waals surface area contributed by atoms with E-state index in [1.807, 2.05) is 6.20 Å². The number of imidazole rings is 1. The second-order valence-electron chi connectivity index (χ2n) is 7.06. The van der Waals surface area contributed by atoms with E-state index >= 15 is 0 Å². The summed E-state index contributed by atoms with van der Waals surface area (Å²) in [5.41, 5.74) is 5.98. The summed E-state index contributed by atoms with van der Waals surface area (Å²) in [7, 11) is 0. The first-order valence-corrected chi connectivity index (χ1v) is 8.75. The van der Waals surface area contributed by atoms with Gasteiger partial charge in [0.1, 0.15) is 0 Å². The van der Waals surface area contributed by atoms with Crippen LogP contribution in [0.5, 0.6) is 0 Å². The number of nitrogens with zero attached hydrogens (tertiary/aromatic N) is 3. The Balaban J connectivity index is 1.66. The first-order chi connectivity index (χ1) is 10.9. The maximum atomic E-state index is 4.90. The van der Waals surface area contributed by atoms with Crippen LogP contribution in [0.1, 0.15) is 74.5 Å². The topological polar surface area (TPSA) is 46.0 Å². The number of rotatable bonds is 2. The molecule has 0 unspecified atom stereocenters. The third kappa shape index (κ3) is 1.82. The van der Waals surface area contributed by atoms with Gasteiger partial charge in [-0.05, 0) is 37.2 Å². The monoisotopic (exact) mass is 294 g/mol. The zero-order valence-corrected chi connectivity index (χ0v) is 12.9. The van der Waals surface area contributed by atoms with Crippen LogP contribution in [-0.2, 0) is 0 Å². The van der Waals surface area contributed by atoms with Crippen LogP contribution in [0, 0.1) is 0 Å². The fraction of sp³-hybridized carbons (Fsp3) is 0.556. The van der Waals surface area contributed by atoms with Crippen molar-refractivity contribution in [3.8, 4) is 0 Å². The number of H-pyrrole nitrogens is 1. The molecule has 2 saturated carbocycles. The molecule has 4 nitrogen and oxygen atoms in total. The van der Waals surface area contributed by atoms with Gasteiger partial charge in [0.2, 0.25) is 0 Å². The van der Waals surface area contributed by atoms with Gasteiger partial charge in [-0.15, -0.1) is 0 Å². The minimum atomic E-state index is 0.648. The largest absolute Gasteiger partial charge is 0.345 e. The first kappa shape index (κ1) is 12.7. The molecule has 0 radical (unpaired) electrons. The zero-order valence-electron chi connectivity index (χ0n) is 12.9. The lowest BCUT2D eigenvalue weighted by molar-refractivity contribution is 0.421. The first-order valence-electron chi connectivity index (χ1n) is 8.75. The van der Waals surface area contributed by atoms with E-state index in [9.17, 15) is 0 Å². The predicted octanol–water partition coefficient (Wildman–Crippen LogP) is 4.53. The molecule has 0 aromatic carbocycles. The van der Waals surface area contributed by atoms with E-state index in [0.29, 0.717) is 11.8 Å². The highest BCUT2D eigenvalue weighted by Crippen LogP contribution is 2.40. The van der Waals surface area contributed by atoms with Gasteiger partial charge < -0.3 is 4.98 Å². The minimum Gasteiger partial charge on any atom is -0.345 e. The molecule has 1 N–H and O–H groups in total. The van der Waals surface area contributed by atoms with Gasteiger partial charge in [-0.2, -0.15) is 0 Å². The van der Waals surface area contributed by atoms with E-state index in [-0.39, 0.29) is 0 Å². The molecule has 2 fully saturated rings. The van der Waals surface area contributed by atoms with Crippen molar-refractivity contribution in [1.82, 2.24) is 19.4 Å². The Morgan fingerprint density at radius 3 is 2.59 bits per heavy atom. The van der Waals surface area contributed by atoms with Gasteiger partial charge in [0.25, 0.3) is 0 Å². The summed E-state index contributed by atoms with van der Waals surface area (Å²) in [6, 6.07) is 0. The van der Waals surface area contributed by atoms with Gasteiger partial charge in [-0.3, -0.25) is 4.40 Å². The lowest BCUT2D eigenvalue weighted by Gasteiger charge is -2.24. The molecule has 0 amide bonds. The van der Waals surface area contributed by atoms with Crippen molar-refractivity contribution in [2.75, 3.05) is 0 Å². The zero-order chi connectivity index (χ0) is 14.5. The van der Waals surface area contributed by atoms with E-state index in [2.05, 4.69) is 26.8 Å². The normalized spacial score (nSPS) is 20.7. The minimum absolute atomic E-state index is 0.648. The van der Waals surface area contributed by atoms with E-state index in [1.165, 1.54) is 68.1 Å². The summed E-state index contributed by atoms with van der Waals surface area (Å²) < 4.78 is 2.29. The highest BCUT2D eigenvalue weighted by atomic mass is 15.1. The molecule has 114 valence electrons. The molecule has 0 spiro atoms. The Morgan fingerprint density at radius 2 is 1.82 bits per heavy atom. The molecule has 4 heteroatoms. The SMILES string of the molecule is c1[nH]c2ncc3nc(C4CCCCC4)cn3c2c1C1CCC1. The van der Waals surface area contributed by atoms with Crippen molar-refractivity contribution in [2.45, 2.75) is 63.2 Å². The summed E-state index contributed by atoms with van der Waals surface area (Å²) in [5.74, 6) is 1.36. The van der Waals surface area contributed by atoms with Crippen LogP contribution in [0.4, 0.5) is 0 Å². The lowest BCUT2D eigenvalue weighted by atomic mass is 9.81. The maximum absolute atomic E-state index is 4.90. The average molecular weight is 294 g/mol. The molecule has 0 saturated heterocycles. The maximum Gasteiger partial charge on any atom is 0.156 e. The van der Waals surface area contributed by atoms with Crippen LogP contribution >= 0.6 is 0 Å². The van der Waals surface area contributed by atoms with Crippen LogP contribution in [0.2, 0.25) is 0 Å². The number of aromatic nitrogens is 4. The summed E-state index contributed by atoms with van der Waals surface area (Å²) in [6.07, 6.45) is 17.0. The molecular weight excluding hydrogens is 272 g/mol. The average Bonchev–Trinajstić information content (AvgIpc) is 3.10. The van der Waals surface area contributed by atoms with Crippen molar-refractivity contribution in [3.05, 3.63) is 29.8 Å². The van der Waals surface area contributed by atoms with Gasteiger partial charge in [-0.25, -0.2) is 9.97 Å². The van der Waals surface area contributed by atoms with Crippen molar-refractivity contribution >= 4 is 16.8 Å². The van der Waals surface area contributed by atoms with Crippen molar-refractivity contribution in [3.63, 3.8) is 0 Å². The predicted molar refractivity (Wildman–Crippen MR) is 87.3 cm³/mol. The molecule has 3 aromatic rings. The molecule has 0 bridgehead atoms. The second-order valence-corrected chi connectivity index (χ2v) is 7.06. The Hall–Kier alpha value is -1.84. The molecule has 0 aliphatic heterocycles. The fourth-order valence-electron chi connectivity index (χ4n) is 4.20. The summed E-state index contributed by atoms with van der Waals surface area (Å²) >= 11 is 0. The lowest BCUT2D eigenvalue weighted by Crippen LogP contribution is -2.08. The van der Waals surface area contributed by atoms with E-state index in [0.717, 1.165) is 11.3 Å². The number of hydrogen-bond donors (Lipinski definition) is 1. The second kappa shape index (κ2) is 4.83. The third-order valence-electron chi connectivity index (χ3n) is 5.73. The van der Waals surface area contributed by atoms with Gasteiger partial charge >= 0.3 is 0 Å². The molecular formula is C18H22N4. The number of aromatic amines is 1. The van der Waals surface area contributed by atoms with Crippen LogP contribution in [-0.4, -0.2) is 19.4 Å². The van der Waals surface area contributed by atoms with E-state index < -0.39 is 0 Å². The summed E-state index contributed by atoms with van der Waals surface area (Å²) in [4.78, 5) is 12.8. The van der Waals surface area contributed by atoms with Crippen LogP contribution < -0.4 is 0 Å². The van der Waals surface area contributed by atoms with Crippen LogP contribution in [0.15, 0.2) is 18.6 Å². The standard InChI is InChI=1S/C18H22N4/c1-2-5-13(6-3-1)15-11-22-16(21-15)10-20-18-17(22)14(9-19-18)12-7-4-8-12/h9-13,19H,1-8H2. The van der Waals surface area contributed by atoms with Gasteiger partial charge in [0, 0.05) is 18.3 Å². The van der Waals surface area contributed by atoms with Gasteiger partial charge in [0.05, 0.1) is 17.4 Å². The van der Waals surface area contributed by atoms with Gasteiger partial charge in [0.15, 0.2) is 11.3 Å². The number of hydrogen-bond acceptors (Lipinski definition) is 2. The Morgan fingerprint density at radius 1 is 1.00 bits per heavy atom. The summed E-state index contributed by atoms with van der Waals surface area (Å²) in [5, 5.41) is 0. The van der Waals surface area contributed by atoms with Crippen LogP contribution in [0.3, 0.4) is 0 Å². The Labute approximate surface area is 130 Å².